The van der Waals surface area contributed by atoms with E-state index in [4.69, 9.17) is 9.47 Å². The second-order valence-corrected chi connectivity index (χ2v) is 8.80. The zero-order chi connectivity index (χ0) is 26.8. The topological polar surface area (TPSA) is 106 Å². The second-order valence-electron chi connectivity index (χ2n) is 7.95. The standard InChI is InChI=1S/C27H17BrF2N4O4/c1-37-27-19(28)11-21-24(34-27)23(8-9-32-21)38-22-7-6-16(10-20(22)30)33-26(36)18-13-31-12-17(25(18)35)14-2-4-15(29)5-3-14/h2-13H,1H3,(H,31,35)(H,33,36). The van der Waals surface area contributed by atoms with E-state index in [0.29, 0.717) is 26.9 Å². The highest BCUT2D eigenvalue weighted by atomic mass is 79.9. The van der Waals surface area contributed by atoms with E-state index in [1.54, 1.807) is 12.1 Å². The maximum atomic E-state index is 15.0. The zero-order valence-electron chi connectivity index (χ0n) is 19.6. The number of hydrogen-bond donors (Lipinski definition) is 2. The second kappa shape index (κ2) is 10.4. The highest BCUT2D eigenvalue weighted by Gasteiger charge is 2.18. The minimum absolute atomic E-state index is 0.109. The van der Waals surface area contributed by atoms with Crippen molar-refractivity contribution < 1.29 is 28.2 Å². The van der Waals surface area contributed by atoms with Crippen molar-refractivity contribution in [2.45, 2.75) is 0 Å². The summed E-state index contributed by atoms with van der Waals surface area (Å²) in [6.07, 6.45) is 4.04. The normalized spacial score (nSPS) is 10.8. The molecule has 5 rings (SSSR count). The van der Waals surface area contributed by atoms with Crippen LogP contribution in [0.15, 0.2) is 77.7 Å². The first-order chi connectivity index (χ1) is 18.3. The molecule has 0 spiro atoms. The predicted octanol–water partition coefficient (Wildman–Crippen LogP) is 6.49. The molecule has 11 heteroatoms. The molecular weight excluding hydrogens is 562 g/mol. The maximum absolute atomic E-state index is 15.0. The van der Waals surface area contributed by atoms with Crippen LogP contribution in [0.3, 0.4) is 0 Å². The SMILES string of the molecule is COc1nc2c(Oc3ccc(NC(=O)c4cncc(-c5ccc(F)cc5)c4O)cc3F)ccnc2cc1Br. The summed E-state index contributed by atoms with van der Waals surface area (Å²) in [5.41, 5.74) is 1.58. The molecule has 3 heterocycles. The Bertz CT molecular complexity index is 1680. The quantitative estimate of drug-likeness (QED) is 0.237. The van der Waals surface area contributed by atoms with Gasteiger partial charge in [0.15, 0.2) is 17.3 Å². The smallest absolute Gasteiger partial charge is 0.261 e. The van der Waals surface area contributed by atoms with Crippen molar-refractivity contribution in [1.82, 2.24) is 15.0 Å². The Morgan fingerprint density at radius 3 is 2.55 bits per heavy atom. The molecule has 1 amide bonds. The van der Waals surface area contributed by atoms with Gasteiger partial charge >= 0.3 is 0 Å². The number of carbonyl (C=O) groups is 1. The van der Waals surface area contributed by atoms with E-state index in [-0.39, 0.29) is 34.1 Å². The summed E-state index contributed by atoms with van der Waals surface area (Å²) in [7, 11) is 1.47. The van der Waals surface area contributed by atoms with Crippen molar-refractivity contribution >= 4 is 38.6 Å². The first kappa shape index (κ1) is 25.0. The van der Waals surface area contributed by atoms with Crippen molar-refractivity contribution in [2.75, 3.05) is 12.4 Å². The van der Waals surface area contributed by atoms with Crippen molar-refractivity contribution in [3.63, 3.8) is 0 Å². The third-order valence-corrected chi connectivity index (χ3v) is 6.09. The zero-order valence-corrected chi connectivity index (χ0v) is 21.2. The van der Waals surface area contributed by atoms with E-state index in [1.165, 1.54) is 62.1 Å². The highest BCUT2D eigenvalue weighted by molar-refractivity contribution is 9.10. The number of anilines is 1. The number of pyridine rings is 3. The first-order valence-corrected chi connectivity index (χ1v) is 11.8. The van der Waals surface area contributed by atoms with Gasteiger partial charge in [-0.25, -0.2) is 13.8 Å². The van der Waals surface area contributed by atoms with Gasteiger partial charge in [-0.1, -0.05) is 12.1 Å². The highest BCUT2D eigenvalue weighted by Crippen LogP contribution is 2.35. The molecule has 2 aromatic carbocycles. The van der Waals surface area contributed by atoms with Gasteiger partial charge in [0.05, 0.1) is 17.1 Å². The molecule has 2 N–H and O–H groups in total. The first-order valence-electron chi connectivity index (χ1n) is 11.0. The molecule has 0 aliphatic carbocycles. The van der Waals surface area contributed by atoms with Gasteiger partial charge in [-0.3, -0.25) is 14.8 Å². The van der Waals surface area contributed by atoms with Crippen LogP contribution in [0, 0.1) is 11.6 Å². The molecule has 0 saturated carbocycles. The Hall–Kier alpha value is -4.64. The van der Waals surface area contributed by atoms with Gasteiger partial charge in [0, 0.05) is 42.0 Å². The Morgan fingerprint density at radius 2 is 1.82 bits per heavy atom. The Labute approximate surface area is 223 Å². The summed E-state index contributed by atoms with van der Waals surface area (Å²) >= 11 is 3.35. The number of carbonyl (C=O) groups excluding carboxylic acids is 1. The Kier molecular flexibility index (Phi) is 6.84. The summed E-state index contributed by atoms with van der Waals surface area (Å²) in [4.78, 5) is 25.4. The minimum Gasteiger partial charge on any atom is -0.506 e. The van der Waals surface area contributed by atoms with Crippen LogP contribution in [0.4, 0.5) is 14.5 Å². The van der Waals surface area contributed by atoms with Gasteiger partial charge in [-0.05, 0) is 51.8 Å². The number of ether oxygens (including phenoxy) is 2. The van der Waals surface area contributed by atoms with Crippen LogP contribution in [-0.2, 0) is 0 Å². The number of rotatable bonds is 6. The van der Waals surface area contributed by atoms with Gasteiger partial charge in [-0.15, -0.1) is 0 Å². The van der Waals surface area contributed by atoms with Crippen molar-refractivity contribution in [3.05, 3.63) is 94.9 Å². The molecule has 3 aromatic heterocycles. The van der Waals surface area contributed by atoms with Crippen molar-refractivity contribution in [1.29, 1.82) is 0 Å². The van der Waals surface area contributed by atoms with E-state index in [2.05, 4.69) is 36.2 Å². The number of hydrogen-bond acceptors (Lipinski definition) is 7. The molecule has 0 saturated heterocycles. The molecule has 0 aliphatic heterocycles. The molecule has 5 aromatic rings. The van der Waals surface area contributed by atoms with Crippen LogP contribution < -0.4 is 14.8 Å². The molecule has 0 atom stereocenters. The van der Waals surface area contributed by atoms with Crippen molar-refractivity contribution in [3.8, 4) is 34.3 Å². The van der Waals surface area contributed by atoms with E-state index >= 15 is 0 Å². The number of aromatic hydroxyl groups is 1. The fourth-order valence-electron chi connectivity index (χ4n) is 3.67. The molecule has 38 heavy (non-hydrogen) atoms. The summed E-state index contributed by atoms with van der Waals surface area (Å²) in [5, 5.41) is 13.2. The minimum atomic E-state index is -0.751. The lowest BCUT2D eigenvalue weighted by Crippen LogP contribution is -2.13. The van der Waals surface area contributed by atoms with Crippen LogP contribution in [0.25, 0.3) is 22.2 Å². The molecule has 0 radical (unpaired) electrons. The van der Waals surface area contributed by atoms with Gasteiger partial charge in [0.2, 0.25) is 5.88 Å². The number of benzene rings is 2. The number of nitrogens with zero attached hydrogens (tertiary/aromatic N) is 3. The third kappa shape index (κ3) is 4.96. The predicted molar refractivity (Wildman–Crippen MR) is 140 cm³/mol. The average Bonchev–Trinajstić information content (AvgIpc) is 2.90. The summed E-state index contributed by atoms with van der Waals surface area (Å²) < 4.78 is 39.8. The van der Waals surface area contributed by atoms with Gasteiger partial charge in [-0.2, -0.15) is 0 Å². The molecule has 0 fully saturated rings. The third-order valence-electron chi connectivity index (χ3n) is 5.52. The number of nitrogens with one attached hydrogen (secondary N) is 1. The Balaban J connectivity index is 1.38. The number of aromatic nitrogens is 3. The number of halogens is 3. The van der Waals surface area contributed by atoms with Crippen molar-refractivity contribution in [2.24, 2.45) is 0 Å². The summed E-state index contributed by atoms with van der Waals surface area (Å²) in [5.74, 6) is -1.79. The van der Waals surface area contributed by atoms with Crippen LogP contribution in [0.5, 0.6) is 23.1 Å². The van der Waals surface area contributed by atoms with Crippen LogP contribution in [-0.4, -0.2) is 33.1 Å². The molecular formula is C27H17BrF2N4O4. The fraction of sp³-hybridized carbons (Fsp3) is 0.0370. The van der Waals surface area contributed by atoms with E-state index in [0.717, 1.165) is 6.07 Å². The lowest BCUT2D eigenvalue weighted by molar-refractivity contribution is 0.102. The fourth-order valence-corrected chi connectivity index (χ4v) is 4.14. The van der Waals surface area contributed by atoms with E-state index in [9.17, 15) is 18.7 Å². The number of fused-ring (bicyclic) bond motifs is 1. The van der Waals surface area contributed by atoms with E-state index in [1.807, 2.05) is 0 Å². The lowest BCUT2D eigenvalue weighted by atomic mass is 10.0. The number of methoxy groups -OCH3 is 1. The average molecular weight is 579 g/mol. The molecule has 0 unspecified atom stereocenters. The summed E-state index contributed by atoms with van der Waals surface area (Å²) in [6.45, 7) is 0. The maximum Gasteiger partial charge on any atom is 0.261 e. The number of amides is 1. The van der Waals surface area contributed by atoms with Gasteiger partial charge in [0.25, 0.3) is 5.91 Å². The van der Waals surface area contributed by atoms with Gasteiger partial charge in [0.1, 0.15) is 22.6 Å². The monoisotopic (exact) mass is 578 g/mol. The van der Waals surface area contributed by atoms with E-state index < -0.39 is 17.5 Å². The Morgan fingerprint density at radius 1 is 1.03 bits per heavy atom. The molecule has 190 valence electrons. The molecule has 0 aliphatic rings. The summed E-state index contributed by atoms with van der Waals surface area (Å²) in [6, 6.07) is 12.5. The van der Waals surface area contributed by atoms with Crippen LogP contribution >= 0.6 is 15.9 Å². The molecule has 0 bridgehead atoms. The van der Waals surface area contributed by atoms with Crippen LogP contribution in [0.2, 0.25) is 0 Å². The molecule has 8 nitrogen and oxygen atoms in total. The largest absolute Gasteiger partial charge is 0.506 e. The van der Waals surface area contributed by atoms with Gasteiger partial charge < -0.3 is 19.9 Å². The lowest BCUT2D eigenvalue weighted by Gasteiger charge is -2.12. The van der Waals surface area contributed by atoms with Crippen LogP contribution in [0.1, 0.15) is 10.4 Å².